The second-order valence-corrected chi connectivity index (χ2v) is 6.18. The first-order chi connectivity index (χ1) is 9.58. The van der Waals surface area contributed by atoms with Crippen LogP contribution >= 0.6 is 0 Å². The first kappa shape index (κ1) is 13.7. The number of amides is 2. The molecule has 6 nitrogen and oxygen atoms in total. The molecule has 3 fully saturated rings. The van der Waals surface area contributed by atoms with Gasteiger partial charge in [0.15, 0.2) is 0 Å². The van der Waals surface area contributed by atoms with Gasteiger partial charge in [0.1, 0.15) is 0 Å². The molecule has 0 aromatic carbocycles. The molecule has 3 atom stereocenters. The zero-order chi connectivity index (χ0) is 14.3. The molecule has 3 unspecified atom stereocenters. The minimum Gasteiger partial charge on any atom is -0.481 e. The summed E-state index contributed by atoms with van der Waals surface area (Å²) in [6.45, 7) is 4.14. The Morgan fingerprint density at radius 1 is 1.30 bits per heavy atom. The minimum atomic E-state index is -0.774. The predicted molar refractivity (Wildman–Crippen MR) is 71.3 cm³/mol. The van der Waals surface area contributed by atoms with Crippen molar-refractivity contribution in [3.8, 4) is 0 Å². The summed E-state index contributed by atoms with van der Waals surface area (Å²) in [6, 6.07) is 0.297. The number of carboxylic acids is 1. The van der Waals surface area contributed by atoms with Crippen molar-refractivity contribution in [1.82, 2.24) is 9.80 Å². The lowest BCUT2D eigenvalue weighted by Crippen LogP contribution is -2.61. The van der Waals surface area contributed by atoms with Crippen LogP contribution in [0.4, 0.5) is 4.79 Å². The number of urea groups is 1. The highest BCUT2D eigenvalue weighted by Crippen LogP contribution is 2.32. The molecule has 1 aliphatic carbocycles. The lowest BCUT2D eigenvalue weighted by atomic mass is 9.87. The van der Waals surface area contributed by atoms with E-state index in [0.29, 0.717) is 26.2 Å². The highest BCUT2D eigenvalue weighted by Gasteiger charge is 2.44. The van der Waals surface area contributed by atoms with Crippen molar-refractivity contribution < 1.29 is 19.4 Å². The molecule has 20 heavy (non-hydrogen) atoms. The SMILES string of the molecule is CC(C(=O)O)C1CN(C(=O)N2CCOC3CCCC32)C1. The maximum atomic E-state index is 12.5. The topological polar surface area (TPSA) is 70.1 Å². The summed E-state index contributed by atoms with van der Waals surface area (Å²) in [5.41, 5.74) is 0. The number of rotatable bonds is 2. The molecule has 2 saturated heterocycles. The Labute approximate surface area is 118 Å². The fourth-order valence-electron chi connectivity index (χ4n) is 3.53. The van der Waals surface area contributed by atoms with Crippen LogP contribution < -0.4 is 0 Å². The van der Waals surface area contributed by atoms with E-state index in [1.807, 2.05) is 4.90 Å². The number of carbonyl (C=O) groups is 2. The summed E-state index contributed by atoms with van der Waals surface area (Å²) in [5.74, 6) is -1.05. The van der Waals surface area contributed by atoms with Gasteiger partial charge >= 0.3 is 12.0 Å². The minimum absolute atomic E-state index is 0.0686. The van der Waals surface area contributed by atoms with Crippen LogP contribution in [0.2, 0.25) is 0 Å². The molecule has 1 N–H and O–H groups in total. The first-order valence-corrected chi connectivity index (χ1v) is 7.48. The number of hydrogen-bond donors (Lipinski definition) is 1. The Morgan fingerprint density at radius 2 is 2.05 bits per heavy atom. The lowest BCUT2D eigenvalue weighted by Gasteiger charge is -2.46. The van der Waals surface area contributed by atoms with Gasteiger partial charge in [-0.3, -0.25) is 4.79 Å². The molecule has 3 aliphatic rings. The van der Waals surface area contributed by atoms with Gasteiger partial charge in [-0.2, -0.15) is 0 Å². The van der Waals surface area contributed by atoms with Crippen molar-refractivity contribution >= 4 is 12.0 Å². The van der Waals surface area contributed by atoms with E-state index in [0.717, 1.165) is 19.3 Å². The van der Waals surface area contributed by atoms with E-state index in [9.17, 15) is 9.59 Å². The molecule has 2 amide bonds. The maximum Gasteiger partial charge on any atom is 0.320 e. The van der Waals surface area contributed by atoms with E-state index in [2.05, 4.69) is 0 Å². The summed E-state index contributed by atoms with van der Waals surface area (Å²) >= 11 is 0. The van der Waals surface area contributed by atoms with Crippen LogP contribution in [0.15, 0.2) is 0 Å². The third-order valence-electron chi connectivity index (χ3n) is 5.00. The van der Waals surface area contributed by atoms with E-state index in [-0.39, 0.29) is 30.0 Å². The molecule has 1 saturated carbocycles. The lowest BCUT2D eigenvalue weighted by molar-refractivity contribution is -0.145. The monoisotopic (exact) mass is 282 g/mol. The zero-order valence-corrected chi connectivity index (χ0v) is 11.8. The number of ether oxygens (including phenoxy) is 1. The number of carboxylic acid groups (broad SMARTS) is 1. The Balaban J connectivity index is 1.56. The van der Waals surface area contributed by atoms with E-state index in [4.69, 9.17) is 9.84 Å². The number of carbonyl (C=O) groups excluding carboxylic acids is 1. The number of likely N-dealkylation sites (tertiary alicyclic amines) is 1. The van der Waals surface area contributed by atoms with Gasteiger partial charge in [-0.1, -0.05) is 6.92 Å². The van der Waals surface area contributed by atoms with Crippen LogP contribution in [-0.2, 0) is 9.53 Å². The highest BCUT2D eigenvalue weighted by molar-refractivity contribution is 5.77. The van der Waals surface area contributed by atoms with Crippen molar-refractivity contribution in [3.05, 3.63) is 0 Å². The average molecular weight is 282 g/mol. The summed E-state index contributed by atoms with van der Waals surface area (Å²) in [6.07, 6.45) is 3.41. The quantitative estimate of drug-likeness (QED) is 0.820. The van der Waals surface area contributed by atoms with Crippen molar-refractivity contribution in [2.75, 3.05) is 26.2 Å². The second-order valence-electron chi connectivity index (χ2n) is 6.18. The van der Waals surface area contributed by atoms with Gasteiger partial charge in [0.05, 0.1) is 24.7 Å². The molecule has 0 bridgehead atoms. The Hall–Kier alpha value is -1.30. The van der Waals surface area contributed by atoms with Crippen LogP contribution in [0.3, 0.4) is 0 Å². The molecule has 2 aliphatic heterocycles. The summed E-state index contributed by atoms with van der Waals surface area (Å²) < 4.78 is 5.71. The average Bonchev–Trinajstić information content (AvgIpc) is 2.84. The second kappa shape index (κ2) is 5.24. The third-order valence-corrected chi connectivity index (χ3v) is 5.00. The molecule has 0 spiro atoms. The Kier molecular flexibility index (Phi) is 3.58. The molecular weight excluding hydrogens is 260 g/mol. The van der Waals surface area contributed by atoms with Gasteiger partial charge in [-0.05, 0) is 19.3 Å². The number of nitrogens with zero attached hydrogens (tertiary/aromatic N) is 2. The molecule has 6 heteroatoms. The van der Waals surface area contributed by atoms with Crippen molar-refractivity contribution in [3.63, 3.8) is 0 Å². The van der Waals surface area contributed by atoms with Gasteiger partial charge in [-0.15, -0.1) is 0 Å². The van der Waals surface area contributed by atoms with Gasteiger partial charge in [-0.25, -0.2) is 4.79 Å². The molecule has 2 heterocycles. The van der Waals surface area contributed by atoms with Gasteiger partial charge in [0, 0.05) is 25.6 Å². The van der Waals surface area contributed by atoms with Crippen LogP contribution in [0.1, 0.15) is 26.2 Å². The molecule has 112 valence electrons. The summed E-state index contributed by atoms with van der Waals surface area (Å²) in [7, 11) is 0. The summed E-state index contributed by atoms with van der Waals surface area (Å²) in [5, 5.41) is 8.98. The molecular formula is C14H22N2O4. The van der Waals surface area contributed by atoms with E-state index >= 15 is 0 Å². The third kappa shape index (κ3) is 2.26. The smallest absolute Gasteiger partial charge is 0.320 e. The fourth-order valence-corrected chi connectivity index (χ4v) is 3.53. The van der Waals surface area contributed by atoms with Gasteiger partial charge < -0.3 is 19.6 Å². The molecule has 0 aromatic rings. The van der Waals surface area contributed by atoms with Crippen LogP contribution in [0.25, 0.3) is 0 Å². The van der Waals surface area contributed by atoms with Crippen molar-refractivity contribution in [2.45, 2.75) is 38.3 Å². The van der Waals surface area contributed by atoms with Crippen molar-refractivity contribution in [1.29, 1.82) is 0 Å². The number of morpholine rings is 1. The van der Waals surface area contributed by atoms with Crippen LogP contribution in [0.5, 0.6) is 0 Å². The van der Waals surface area contributed by atoms with E-state index in [1.165, 1.54) is 0 Å². The zero-order valence-electron chi connectivity index (χ0n) is 11.8. The fraction of sp³-hybridized carbons (Fsp3) is 0.857. The Bertz CT molecular complexity index is 408. The molecule has 3 rings (SSSR count). The van der Waals surface area contributed by atoms with Gasteiger partial charge in [0.2, 0.25) is 0 Å². The first-order valence-electron chi connectivity index (χ1n) is 7.48. The van der Waals surface area contributed by atoms with E-state index < -0.39 is 5.97 Å². The number of fused-ring (bicyclic) bond motifs is 1. The van der Waals surface area contributed by atoms with Gasteiger partial charge in [0.25, 0.3) is 0 Å². The van der Waals surface area contributed by atoms with E-state index in [1.54, 1.807) is 11.8 Å². The van der Waals surface area contributed by atoms with Crippen molar-refractivity contribution in [2.24, 2.45) is 11.8 Å². The highest BCUT2D eigenvalue weighted by atomic mass is 16.5. The van der Waals surface area contributed by atoms with Crippen LogP contribution in [0, 0.1) is 11.8 Å². The maximum absolute atomic E-state index is 12.5. The molecule has 0 aromatic heterocycles. The molecule has 0 radical (unpaired) electrons. The largest absolute Gasteiger partial charge is 0.481 e. The summed E-state index contributed by atoms with van der Waals surface area (Å²) in [4.78, 5) is 27.2. The van der Waals surface area contributed by atoms with Crippen LogP contribution in [-0.4, -0.2) is 65.3 Å². The number of aliphatic carboxylic acids is 1. The normalized spacial score (nSPS) is 31.6. The standard InChI is InChI=1S/C14H22N2O4/c1-9(13(17)18)10-7-15(8-10)14(19)16-5-6-20-12-4-2-3-11(12)16/h9-12H,2-8H2,1H3,(H,17,18). The number of hydrogen-bond acceptors (Lipinski definition) is 3. The predicted octanol–water partition coefficient (Wildman–Crippen LogP) is 1.01. The Morgan fingerprint density at radius 3 is 2.75 bits per heavy atom.